The fourth-order valence-electron chi connectivity index (χ4n) is 3.42. The number of amides is 1. The molecule has 5 rings (SSSR count). The Morgan fingerprint density at radius 1 is 1.10 bits per heavy atom. The number of rotatable bonds is 4. The largest absolute Gasteiger partial charge is 0.366 e. The van der Waals surface area contributed by atoms with Gasteiger partial charge in [-0.1, -0.05) is 28.9 Å². The lowest BCUT2D eigenvalue weighted by Gasteiger charge is -2.07. The van der Waals surface area contributed by atoms with Crippen molar-refractivity contribution in [2.45, 2.75) is 6.54 Å². The van der Waals surface area contributed by atoms with Crippen molar-refractivity contribution in [1.82, 2.24) is 25.0 Å². The van der Waals surface area contributed by atoms with Crippen LogP contribution in [-0.2, 0) is 6.54 Å². The molecule has 0 unspecified atom stereocenters. The zero-order valence-corrected chi connectivity index (χ0v) is 16.7. The number of halogens is 2. The van der Waals surface area contributed by atoms with Crippen LogP contribution < -0.4 is 5.73 Å². The van der Waals surface area contributed by atoms with Gasteiger partial charge < -0.3 is 5.73 Å². The zero-order chi connectivity index (χ0) is 21.5. The fourth-order valence-corrected chi connectivity index (χ4v) is 3.69. The third-order valence-corrected chi connectivity index (χ3v) is 5.29. The first-order chi connectivity index (χ1) is 15.0. The molecule has 0 fully saturated rings. The van der Waals surface area contributed by atoms with Crippen molar-refractivity contribution in [1.29, 1.82) is 0 Å². The summed E-state index contributed by atoms with van der Waals surface area (Å²) >= 11 is 6.17. The van der Waals surface area contributed by atoms with Gasteiger partial charge in [-0.25, -0.2) is 14.1 Å². The van der Waals surface area contributed by atoms with Gasteiger partial charge in [0.1, 0.15) is 11.3 Å². The average molecular weight is 433 g/mol. The molecule has 3 heterocycles. The van der Waals surface area contributed by atoms with Gasteiger partial charge in [-0.2, -0.15) is 0 Å². The van der Waals surface area contributed by atoms with Crippen molar-refractivity contribution in [3.63, 3.8) is 0 Å². The molecule has 5 aromatic rings. The van der Waals surface area contributed by atoms with Crippen LogP contribution >= 0.6 is 11.6 Å². The lowest BCUT2D eigenvalue weighted by molar-refractivity contribution is 0.100. The predicted molar refractivity (Wildman–Crippen MR) is 115 cm³/mol. The number of benzene rings is 2. The highest BCUT2D eigenvalue weighted by molar-refractivity contribution is 6.34. The maximum absolute atomic E-state index is 14.6. The maximum atomic E-state index is 14.6. The van der Waals surface area contributed by atoms with E-state index in [4.69, 9.17) is 17.3 Å². The van der Waals surface area contributed by atoms with Gasteiger partial charge >= 0.3 is 0 Å². The summed E-state index contributed by atoms with van der Waals surface area (Å²) in [7, 11) is 0. The van der Waals surface area contributed by atoms with E-state index in [0.29, 0.717) is 33.5 Å². The van der Waals surface area contributed by atoms with E-state index in [0.717, 1.165) is 5.39 Å². The number of carbonyl (C=O) groups excluding carboxylic acids is 1. The molecule has 0 atom stereocenters. The minimum absolute atomic E-state index is 0.158. The molecular weight excluding hydrogens is 419 g/mol. The number of hydrogen-bond donors (Lipinski definition) is 1. The van der Waals surface area contributed by atoms with Crippen LogP contribution in [0.1, 0.15) is 15.9 Å². The maximum Gasteiger partial charge on any atom is 0.250 e. The van der Waals surface area contributed by atoms with Crippen molar-refractivity contribution < 1.29 is 9.18 Å². The molecule has 0 radical (unpaired) electrons. The molecule has 2 N–H and O–H groups in total. The quantitative estimate of drug-likeness (QED) is 0.463. The summed E-state index contributed by atoms with van der Waals surface area (Å²) in [6.45, 7) is 0.158. The zero-order valence-electron chi connectivity index (χ0n) is 16.0. The van der Waals surface area contributed by atoms with Gasteiger partial charge in [-0.3, -0.25) is 9.78 Å². The molecule has 3 aromatic heterocycles. The molecule has 152 valence electrons. The average Bonchev–Trinajstić information content (AvgIpc) is 3.16. The Kier molecular flexibility index (Phi) is 4.56. The smallest absolute Gasteiger partial charge is 0.250 e. The summed E-state index contributed by atoms with van der Waals surface area (Å²) in [5.41, 5.74) is 8.97. The van der Waals surface area contributed by atoms with Gasteiger partial charge in [0.05, 0.1) is 28.3 Å². The molecule has 0 bridgehead atoms. The van der Waals surface area contributed by atoms with Crippen molar-refractivity contribution >= 4 is 39.6 Å². The first-order valence-corrected chi connectivity index (χ1v) is 9.70. The first kappa shape index (κ1) is 19.1. The Hall–Kier alpha value is -3.91. The number of primary amides is 1. The van der Waals surface area contributed by atoms with Gasteiger partial charge in [0, 0.05) is 28.8 Å². The van der Waals surface area contributed by atoms with Crippen LogP contribution in [0.3, 0.4) is 0 Å². The van der Waals surface area contributed by atoms with E-state index in [9.17, 15) is 9.18 Å². The van der Waals surface area contributed by atoms with Crippen molar-refractivity contribution in [2.75, 3.05) is 0 Å². The molecule has 0 aliphatic heterocycles. The second kappa shape index (κ2) is 7.41. The van der Waals surface area contributed by atoms with E-state index in [1.807, 2.05) is 6.07 Å². The van der Waals surface area contributed by atoms with Crippen LogP contribution in [0.4, 0.5) is 4.39 Å². The molecule has 2 aromatic carbocycles. The van der Waals surface area contributed by atoms with Crippen LogP contribution in [0.25, 0.3) is 33.3 Å². The van der Waals surface area contributed by atoms with Crippen molar-refractivity contribution in [3.05, 3.63) is 82.8 Å². The number of nitrogens with zero attached hydrogens (tertiary/aromatic N) is 5. The molecule has 0 spiro atoms. The number of carbonyl (C=O) groups is 1. The first-order valence-electron chi connectivity index (χ1n) is 9.33. The summed E-state index contributed by atoms with van der Waals surface area (Å²) in [4.78, 5) is 20.2. The fraction of sp³-hybridized carbons (Fsp3) is 0.0455. The highest BCUT2D eigenvalue weighted by Crippen LogP contribution is 2.26. The molecule has 9 heteroatoms. The summed E-state index contributed by atoms with van der Waals surface area (Å²) in [6, 6.07) is 15.3. The normalized spacial score (nSPS) is 11.3. The minimum atomic E-state index is -0.602. The van der Waals surface area contributed by atoms with E-state index >= 15 is 0 Å². The summed E-state index contributed by atoms with van der Waals surface area (Å²) in [5, 5.41) is 9.34. The molecule has 0 aliphatic rings. The minimum Gasteiger partial charge on any atom is -0.366 e. The van der Waals surface area contributed by atoms with E-state index in [2.05, 4.69) is 20.3 Å². The van der Waals surface area contributed by atoms with E-state index < -0.39 is 5.91 Å². The molecule has 0 saturated carbocycles. The third-order valence-electron chi connectivity index (χ3n) is 4.98. The van der Waals surface area contributed by atoms with E-state index in [1.165, 1.54) is 6.07 Å². The Morgan fingerprint density at radius 3 is 2.77 bits per heavy atom. The standard InChI is InChI=1S/C22H14ClFN6O/c23-16-9-13(3-4-15(16)21(25)31)18-5-6-19-22(27-18)30(29-28-19)11-14-8-12-2-1-7-26-20(12)10-17(14)24/h1-10H,11H2,(H2,25,31). The summed E-state index contributed by atoms with van der Waals surface area (Å²) in [5.74, 6) is -0.977. The lowest BCUT2D eigenvalue weighted by atomic mass is 10.1. The highest BCUT2D eigenvalue weighted by atomic mass is 35.5. The second-order valence-electron chi connectivity index (χ2n) is 6.98. The molecule has 1 amide bonds. The number of fused-ring (bicyclic) bond motifs is 2. The molecule has 0 saturated heterocycles. The highest BCUT2D eigenvalue weighted by Gasteiger charge is 2.14. The predicted octanol–water partition coefficient (Wildman–Crippen LogP) is 3.98. The SMILES string of the molecule is NC(=O)c1ccc(-c2ccc3nnn(Cc4cc5cccnc5cc4F)c3n2)cc1Cl. The number of aromatic nitrogens is 5. The number of hydrogen-bond acceptors (Lipinski definition) is 5. The van der Waals surface area contributed by atoms with Crippen LogP contribution in [0.5, 0.6) is 0 Å². The molecular formula is C22H14ClFN6O. The van der Waals surface area contributed by atoms with Gasteiger partial charge in [0.15, 0.2) is 5.65 Å². The summed E-state index contributed by atoms with van der Waals surface area (Å²) < 4.78 is 16.2. The van der Waals surface area contributed by atoms with E-state index in [1.54, 1.807) is 53.3 Å². The van der Waals surface area contributed by atoms with Crippen molar-refractivity contribution in [2.24, 2.45) is 5.73 Å². The van der Waals surface area contributed by atoms with Crippen molar-refractivity contribution in [3.8, 4) is 11.3 Å². The second-order valence-corrected chi connectivity index (χ2v) is 7.39. The Balaban J connectivity index is 1.55. The van der Waals surface area contributed by atoms with Gasteiger partial charge in [-0.15, -0.1) is 5.10 Å². The monoisotopic (exact) mass is 432 g/mol. The van der Waals surface area contributed by atoms with Gasteiger partial charge in [0.25, 0.3) is 0 Å². The summed E-state index contributed by atoms with van der Waals surface area (Å²) in [6.07, 6.45) is 1.63. The van der Waals surface area contributed by atoms with Crippen LogP contribution in [0.2, 0.25) is 5.02 Å². The molecule has 7 nitrogen and oxygen atoms in total. The Bertz CT molecular complexity index is 1480. The van der Waals surface area contributed by atoms with Crippen LogP contribution in [-0.4, -0.2) is 30.9 Å². The van der Waals surface area contributed by atoms with Gasteiger partial charge in [-0.05, 0) is 36.4 Å². The lowest BCUT2D eigenvalue weighted by Crippen LogP contribution is -2.11. The Morgan fingerprint density at radius 2 is 1.97 bits per heavy atom. The van der Waals surface area contributed by atoms with E-state index in [-0.39, 0.29) is 22.9 Å². The topological polar surface area (TPSA) is 99.6 Å². The number of pyridine rings is 2. The third kappa shape index (κ3) is 3.47. The van der Waals surface area contributed by atoms with Crippen LogP contribution in [0.15, 0.2) is 60.8 Å². The molecule has 31 heavy (non-hydrogen) atoms. The Labute approximate surface area is 180 Å². The van der Waals surface area contributed by atoms with Gasteiger partial charge in [0.2, 0.25) is 5.91 Å². The number of nitrogens with two attached hydrogens (primary N) is 1. The molecule has 0 aliphatic carbocycles. The van der Waals surface area contributed by atoms with Crippen LogP contribution in [0, 0.1) is 5.82 Å².